The maximum Gasteiger partial charge on any atom is 0.259 e. The van der Waals surface area contributed by atoms with Gasteiger partial charge in [0, 0.05) is 18.6 Å². The van der Waals surface area contributed by atoms with E-state index < -0.39 is 27.8 Å². The minimum Gasteiger partial charge on any atom is -0.356 e. The van der Waals surface area contributed by atoms with Gasteiger partial charge in [0.25, 0.3) is 5.91 Å². The molecule has 3 fully saturated rings. The van der Waals surface area contributed by atoms with Gasteiger partial charge in [-0.05, 0) is 69.7 Å². The summed E-state index contributed by atoms with van der Waals surface area (Å²) in [6.45, 7) is 8.08. The molecular formula is C23H30N4O5S. The van der Waals surface area contributed by atoms with Crippen LogP contribution < -0.4 is 9.62 Å². The molecule has 3 unspecified atom stereocenters. The van der Waals surface area contributed by atoms with Crippen LogP contribution in [0.15, 0.2) is 35.7 Å². The summed E-state index contributed by atoms with van der Waals surface area (Å²) in [5.74, 6) is -0.220. The van der Waals surface area contributed by atoms with Crippen molar-refractivity contribution in [2.45, 2.75) is 68.4 Å². The van der Waals surface area contributed by atoms with Gasteiger partial charge in [0.1, 0.15) is 0 Å². The Morgan fingerprint density at radius 1 is 1.33 bits per heavy atom. The molecule has 2 aliphatic carbocycles. The van der Waals surface area contributed by atoms with Gasteiger partial charge in [0.05, 0.1) is 28.2 Å². The number of rotatable bonds is 7. The average molecular weight is 475 g/mol. The fraction of sp³-hybridized carbons (Fsp3) is 0.565. The molecule has 33 heavy (non-hydrogen) atoms. The van der Waals surface area contributed by atoms with Crippen LogP contribution in [0.5, 0.6) is 0 Å². The molecule has 0 spiro atoms. The van der Waals surface area contributed by atoms with Crippen molar-refractivity contribution in [1.29, 1.82) is 0 Å². The number of carbonyl (C=O) groups is 2. The number of amides is 2. The van der Waals surface area contributed by atoms with E-state index in [0.29, 0.717) is 24.7 Å². The number of benzene rings is 1. The zero-order valence-corrected chi connectivity index (χ0v) is 19.7. The fourth-order valence-electron chi connectivity index (χ4n) is 4.71. The molecule has 3 atom stereocenters. The van der Waals surface area contributed by atoms with Crippen LogP contribution in [0.1, 0.15) is 49.9 Å². The molecule has 2 aliphatic heterocycles. The number of anilines is 1. The van der Waals surface area contributed by atoms with Gasteiger partial charge in [-0.2, -0.15) is 0 Å². The SMILES string of the molecule is C=CC(=O)N1CC(N2C(=O)c3cc(S(=O)(=O)NC4(C)CC4)ccc3N(CC3CC3)C2O)C1C. The summed E-state index contributed by atoms with van der Waals surface area (Å²) in [5, 5.41) is 11.2. The Labute approximate surface area is 194 Å². The van der Waals surface area contributed by atoms with E-state index in [2.05, 4.69) is 11.3 Å². The number of hydrogen-bond donors (Lipinski definition) is 2. The molecule has 0 bridgehead atoms. The van der Waals surface area contributed by atoms with Crippen LogP contribution >= 0.6 is 0 Å². The third-order valence-corrected chi connectivity index (χ3v) is 9.00. The van der Waals surface area contributed by atoms with Gasteiger partial charge < -0.3 is 14.9 Å². The Balaban J connectivity index is 1.49. The Morgan fingerprint density at radius 2 is 2.03 bits per heavy atom. The highest BCUT2D eigenvalue weighted by Crippen LogP contribution is 2.40. The van der Waals surface area contributed by atoms with Crippen molar-refractivity contribution in [3.05, 3.63) is 36.4 Å². The van der Waals surface area contributed by atoms with Crippen molar-refractivity contribution in [2.24, 2.45) is 5.92 Å². The van der Waals surface area contributed by atoms with Gasteiger partial charge in [-0.3, -0.25) is 14.5 Å². The summed E-state index contributed by atoms with van der Waals surface area (Å²) in [6, 6.07) is 3.87. The number of likely N-dealkylation sites (tertiary alicyclic amines) is 1. The predicted molar refractivity (Wildman–Crippen MR) is 122 cm³/mol. The highest BCUT2D eigenvalue weighted by molar-refractivity contribution is 7.89. The Hall–Kier alpha value is -2.43. The maximum atomic E-state index is 13.6. The first-order valence-electron chi connectivity index (χ1n) is 11.4. The largest absolute Gasteiger partial charge is 0.356 e. The highest BCUT2D eigenvalue weighted by atomic mass is 32.2. The maximum absolute atomic E-state index is 13.6. The summed E-state index contributed by atoms with van der Waals surface area (Å²) in [7, 11) is -3.78. The van der Waals surface area contributed by atoms with E-state index in [1.165, 1.54) is 23.1 Å². The third-order valence-electron chi connectivity index (χ3n) is 7.36. The van der Waals surface area contributed by atoms with Crippen molar-refractivity contribution in [3.8, 4) is 0 Å². The zero-order chi connectivity index (χ0) is 23.7. The molecule has 178 valence electrons. The van der Waals surface area contributed by atoms with E-state index in [1.807, 2.05) is 13.8 Å². The summed E-state index contributed by atoms with van der Waals surface area (Å²) in [5.41, 5.74) is 0.366. The third kappa shape index (κ3) is 3.83. The number of aliphatic hydroxyl groups excluding tert-OH is 1. The predicted octanol–water partition coefficient (Wildman–Crippen LogP) is 1.25. The van der Waals surface area contributed by atoms with Crippen molar-refractivity contribution in [1.82, 2.24) is 14.5 Å². The molecule has 0 radical (unpaired) electrons. The normalized spacial score (nSPS) is 28.3. The topological polar surface area (TPSA) is 110 Å². The van der Waals surface area contributed by atoms with E-state index >= 15 is 0 Å². The second-order valence-corrected chi connectivity index (χ2v) is 11.7. The molecule has 1 aromatic rings. The number of nitrogens with one attached hydrogen (secondary N) is 1. The number of fused-ring (bicyclic) bond motifs is 1. The lowest BCUT2D eigenvalue weighted by molar-refractivity contribution is -0.143. The van der Waals surface area contributed by atoms with Gasteiger partial charge in [-0.25, -0.2) is 13.1 Å². The van der Waals surface area contributed by atoms with Crippen molar-refractivity contribution < 1.29 is 23.1 Å². The van der Waals surface area contributed by atoms with Crippen molar-refractivity contribution >= 4 is 27.5 Å². The van der Waals surface area contributed by atoms with Crippen LogP contribution in [0.3, 0.4) is 0 Å². The Kier molecular flexibility index (Phi) is 5.11. The minimum atomic E-state index is -3.78. The van der Waals surface area contributed by atoms with Gasteiger partial charge >= 0.3 is 0 Å². The first-order chi connectivity index (χ1) is 15.5. The monoisotopic (exact) mass is 474 g/mol. The van der Waals surface area contributed by atoms with Crippen molar-refractivity contribution in [3.63, 3.8) is 0 Å². The quantitative estimate of drug-likeness (QED) is 0.576. The average Bonchev–Trinajstić information content (AvgIpc) is 3.70. The second-order valence-electron chi connectivity index (χ2n) is 10.0. The number of hydrogen-bond acceptors (Lipinski definition) is 6. The number of aliphatic hydroxyl groups is 1. The smallest absolute Gasteiger partial charge is 0.259 e. The number of sulfonamides is 1. The Morgan fingerprint density at radius 3 is 2.61 bits per heavy atom. The molecular weight excluding hydrogens is 444 g/mol. The Bertz CT molecular complexity index is 1130. The molecule has 1 aromatic carbocycles. The summed E-state index contributed by atoms with van der Waals surface area (Å²) >= 11 is 0. The van der Waals surface area contributed by atoms with Crippen LogP contribution in [0.4, 0.5) is 5.69 Å². The molecule has 2 amide bonds. The molecule has 2 N–H and O–H groups in total. The molecule has 2 heterocycles. The highest BCUT2D eigenvalue weighted by Gasteiger charge is 2.50. The van der Waals surface area contributed by atoms with E-state index in [0.717, 1.165) is 25.7 Å². The van der Waals surface area contributed by atoms with Crippen LogP contribution in [0, 0.1) is 5.92 Å². The lowest BCUT2D eigenvalue weighted by atomic mass is 9.93. The van der Waals surface area contributed by atoms with Crippen LogP contribution in [-0.2, 0) is 14.8 Å². The molecule has 1 saturated heterocycles. The first-order valence-corrected chi connectivity index (χ1v) is 12.9. The van der Waals surface area contributed by atoms with Crippen LogP contribution in [-0.4, -0.2) is 72.2 Å². The molecule has 0 aromatic heterocycles. The van der Waals surface area contributed by atoms with Gasteiger partial charge in [-0.1, -0.05) is 6.58 Å². The minimum absolute atomic E-state index is 0.0376. The van der Waals surface area contributed by atoms with Crippen LogP contribution in [0.25, 0.3) is 0 Å². The zero-order valence-electron chi connectivity index (χ0n) is 18.9. The summed E-state index contributed by atoms with van der Waals surface area (Å²) < 4.78 is 28.6. The van der Waals surface area contributed by atoms with E-state index in [1.54, 1.807) is 15.9 Å². The van der Waals surface area contributed by atoms with E-state index in [9.17, 15) is 23.1 Å². The first kappa shape index (κ1) is 22.4. The van der Waals surface area contributed by atoms with Gasteiger partial charge in [-0.15, -0.1) is 0 Å². The lowest BCUT2D eigenvalue weighted by Gasteiger charge is -2.55. The van der Waals surface area contributed by atoms with Crippen LogP contribution in [0.2, 0.25) is 0 Å². The lowest BCUT2D eigenvalue weighted by Crippen LogP contribution is -2.72. The fourth-order valence-corrected chi connectivity index (χ4v) is 6.20. The second kappa shape index (κ2) is 7.54. The molecule has 4 aliphatic rings. The number of carbonyl (C=O) groups excluding carboxylic acids is 2. The molecule has 10 heteroatoms. The summed E-state index contributed by atoms with van der Waals surface area (Å²) in [4.78, 5) is 30.4. The molecule has 9 nitrogen and oxygen atoms in total. The van der Waals surface area contributed by atoms with Gasteiger partial charge in [0.2, 0.25) is 22.3 Å². The number of nitrogens with zero attached hydrogens (tertiary/aromatic N) is 3. The van der Waals surface area contributed by atoms with E-state index in [4.69, 9.17) is 0 Å². The molecule has 2 saturated carbocycles. The summed E-state index contributed by atoms with van der Waals surface area (Å²) in [6.07, 6.45) is 3.74. The molecule has 5 rings (SSSR count). The van der Waals surface area contributed by atoms with Crippen molar-refractivity contribution in [2.75, 3.05) is 18.0 Å². The standard InChI is InChI=1S/C23H30N4O5S/c1-4-20(28)25-13-19(14(25)2)27-21(29)17-11-16(33(31,32)24-23(3)9-10-23)7-8-18(17)26(22(27)30)12-15-5-6-15/h4,7-8,11,14-15,19,22,24,30H,1,5-6,9-10,12-13H2,2-3H3. The van der Waals surface area contributed by atoms with E-state index in [-0.39, 0.29) is 28.4 Å². The van der Waals surface area contributed by atoms with Gasteiger partial charge in [0.15, 0.2) is 0 Å².